The third kappa shape index (κ3) is 6.05. The van der Waals surface area contributed by atoms with Gasteiger partial charge in [-0.2, -0.15) is 0 Å². The maximum atomic E-state index is 11.7. The largest absolute Gasteiger partial charge is 0.356 e. The van der Waals surface area contributed by atoms with Crippen LogP contribution in [0.2, 0.25) is 0 Å². The first-order valence-electron chi connectivity index (χ1n) is 7.45. The van der Waals surface area contributed by atoms with Crippen molar-refractivity contribution in [2.24, 2.45) is 0 Å². The number of nitrogens with one attached hydrogen (secondary N) is 2. The topological polar surface area (TPSA) is 61.4 Å². The highest BCUT2D eigenvalue weighted by molar-refractivity contribution is 5.79. The monoisotopic (exact) mass is 269 g/mol. The Kier molecular flexibility index (Phi) is 7.48. The minimum Gasteiger partial charge on any atom is -0.356 e. The van der Waals surface area contributed by atoms with Gasteiger partial charge in [-0.1, -0.05) is 6.42 Å². The Hall–Kier alpha value is -1.10. The predicted molar refractivity (Wildman–Crippen MR) is 75.8 cm³/mol. The number of carbonyl (C=O) groups is 2. The Morgan fingerprint density at radius 1 is 1.26 bits per heavy atom. The second-order valence-electron chi connectivity index (χ2n) is 5.02. The summed E-state index contributed by atoms with van der Waals surface area (Å²) in [6, 6.07) is 0.312. The SMILES string of the molecule is CCN(CC)C(=O)CCNC(=O)CC1CCCCN1. The highest BCUT2D eigenvalue weighted by Gasteiger charge is 2.16. The summed E-state index contributed by atoms with van der Waals surface area (Å²) in [5.74, 6) is 0.160. The lowest BCUT2D eigenvalue weighted by atomic mass is 10.0. The van der Waals surface area contributed by atoms with Crippen molar-refractivity contribution in [3.05, 3.63) is 0 Å². The van der Waals surface area contributed by atoms with E-state index in [0.717, 1.165) is 26.1 Å². The fourth-order valence-electron chi connectivity index (χ4n) is 2.44. The van der Waals surface area contributed by atoms with Crippen LogP contribution < -0.4 is 10.6 Å². The van der Waals surface area contributed by atoms with Gasteiger partial charge >= 0.3 is 0 Å². The smallest absolute Gasteiger partial charge is 0.224 e. The normalized spacial score (nSPS) is 18.9. The van der Waals surface area contributed by atoms with E-state index in [1.54, 1.807) is 4.90 Å². The van der Waals surface area contributed by atoms with E-state index in [1.165, 1.54) is 12.8 Å². The summed E-state index contributed by atoms with van der Waals surface area (Å²) >= 11 is 0. The molecule has 0 radical (unpaired) electrons. The molecule has 5 heteroatoms. The first-order valence-corrected chi connectivity index (χ1v) is 7.45. The van der Waals surface area contributed by atoms with Crippen LogP contribution in [0.3, 0.4) is 0 Å². The molecule has 1 heterocycles. The predicted octanol–water partition coefficient (Wildman–Crippen LogP) is 0.893. The van der Waals surface area contributed by atoms with Crippen LogP contribution in [0.5, 0.6) is 0 Å². The molecule has 1 unspecified atom stereocenters. The number of rotatable bonds is 7. The fraction of sp³-hybridized carbons (Fsp3) is 0.857. The van der Waals surface area contributed by atoms with Crippen LogP contribution in [0.15, 0.2) is 0 Å². The van der Waals surface area contributed by atoms with E-state index in [2.05, 4.69) is 10.6 Å². The van der Waals surface area contributed by atoms with Gasteiger partial charge in [0.1, 0.15) is 0 Å². The van der Waals surface area contributed by atoms with Gasteiger partial charge in [0.25, 0.3) is 0 Å². The summed E-state index contributed by atoms with van der Waals surface area (Å²) in [4.78, 5) is 25.3. The molecule has 0 saturated carbocycles. The molecule has 5 nitrogen and oxygen atoms in total. The van der Waals surface area contributed by atoms with Crippen molar-refractivity contribution in [1.29, 1.82) is 0 Å². The highest BCUT2D eigenvalue weighted by atomic mass is 16.2. The molecule has 2 amide bonds. The van der Waals surface area contributed by atoms with E-state index >= 15 is 0 Å². The van der Waals surface area contributed by atoms with Gasteiger partial charge in [0, 0.05) is 38.5 Å². The zero-order valence-corrected chi connectivity index (χ0v) is 12.2. The van der Waals surface area contributed by atoms with E-state index < -0.39 is 0 Å². The Morgan fingerprint density at radius 3 is 2.58 bits per heavy atom. The Labute approximate surface area is 116 Å². The Morgan fingerprint density at radius 2 is 2.00 bits per heavy atom. The molecule has 0 aliphatic carbocycles. The third-order valence-corrected chi connectivity index (χ3v) is 3.62. The zero-order valence-electron chi connectivity index (χ0n) is 12.2. The summed E-state index contributed by atoms with van der Waals surface area (Å²) in [6.07, 6.45) is 4.40. The van der Waals surface area contributed by atoms with Crippen molar-refractivity contribution >= 4 is 11.8 Å². The first kappa shape index (κ1) is 16.0. The van der Waals surface area contributed by atoms with Crippen LogP contribution in [0.25, 0.3) is 0 Å². The minimum atomic E-state index is 0.0479. The lowest BCUT2D eigenvalue weighted by Crippen LogP contribution is -2.39. The summed E-state index contributed by atoms with van der Waals surface area (Å²) in [5, 5.41) is 6.19. The molecule has 1 aliphatic rings. The molecule has 1 fully saturated rings. The van der Waals surface area contributed by atoms with Crippen molar-refractivity contribution in [2.45, 2.75) is 52.0 Å². The van der Waals surface area contributed by atoms with E-state index in [-0.39, 0.29) is 11.8 Å². The lowest BCUT2D eigenvalue weighted by Gasteiger charge is -2.23. The second-order valence-corrected chi connectivity index (χ2v) is 5.02. The molecule has 2 N–H and O–H groups in total. The van der Waals surface area contributed by atoms with Crippen LogP contribution in [-0.4, -0.2) is 48.9 Å². The average Bonchev–Trinajstić information content (AvgIpc) is 2.41. The molecule has 1 atom stereocenters. The van der Waals surface area contributed by atoms with Crippen molar-refractivity contribution in [1.82, 2.24) is 15.5 Å². The number of carbonyl (C=O) groups excluding carboxylic acids is 2. The van der Waals surface area contributed by atoms with E-state index in [4.69, 9.17) is 0 Å². The standard InChI is InChI=1S/C14H27N3O2/c1-3-17(4-2)14(19)8-10-16-13(18)11-12-7-5-6-9-15-12/h12,15H,3-11H2,1-2H3,(H,16,18). The number of hydrogen-bond acceptors (Lipinski definition) is 3. The minimum absolute atomic E-state index is 0.0479. The number of amides is 2. The van der Waals surface area contributed by atoms with E-state index in [0.29, 0.717) is 25.4 Å². The van der Waals surface area contributed by atoms with Crippen molar-refractivity contribution in [3.63, 3.8) is 0 Å². The van der Waals surface area contributed by atoms with Crippen LogP contribution in [-0.2, 0) is 9.59 Å². The maximum Gasteiger partial charge on any atom is 0.224 e. The van der Waals surface area contributed by atoms with Crippen LogP contribution in [0, 0.1) is 0 Å². The van der Waals surface area contributed by atoms with Gasteiger partial charge < -0.3 is 15.5 Å². The summed E-state index contributed by atoms with van der Waals surface area (Å²) in [6.45, 7) is 6.85. The molecule has 1 rings (SSSR count). The van der Waals surface area contributed by atoms with Crippen molar-refractivity contribution < 1.29 is 9.59 Å². The summed E-state index contributed by atoms with van der Waals surface area (Å²) in [5.41, 5.74) is 0. The molecule has 1 aliphatic heterocycles. The van der Waals surface area contributed by atoms with E-state index in [9.17, 15) is 9.59 Å². The number of hydrogen-bond donors (Lipinski definition) is 2. The quantitative estimate of drug-likeness (QED) is 0.721. The molecule has 0 aromatic carbocycles. The van der Waals surface area contributed by atoms with Gasteiger partial charge in [-0.25, -0.2) is 0 Å². The number of piperidine rings is 1. The van der Waals surface area contributed by atoms with E-state index in [1.807, 2.05) is 13.8 Å². The van der Waals surface area contributed by atoms with Gasteiger partial charge in [-0.05, 0) is 33.2 Å². The van der Waals surface area contributed by atoms with Crippen LogP contribution in [0.1, 0.15) is 46.0 Å². The molecular formula is C14H27N3O2. The number of nitrogens with zero attached hydrogens (tertiary/aromatic N) is 1. The summed E-state index contributed by atoms with van der Waals surface area (Å²) < 4.78 is 0. The molecule has 0 bridgehead atoms. The summed E-state index contributed by atoms with van der Waals surface area (Å²) in [7, 11) is 0. The zero-order chi connectivity index (χ0) is 14.1. The Balaban J connectivity index is 2.14. The van der Waals surface area contributed by atoms with Crippen LogP contribution >= 0.6 is 0 Å². The van der Waals surface area contributed by atoms with Gasteiger partial charge in [0.05, 0.1) is 0 Å². The average molecular weight is 269 g/mol. The van der Waals surface area contributed by atoms with Crippen molar-refractivity contribution in [3.8, 4) is 0 Å². The molecule has 0 aromatic rings. The van der Waals surface area contributed by atoms with Gasteiger partial charge in [-0.15, -0.1) is 0 Å². The third-order valence-electron chi connectivity index (χ3n) is 3.62. The fourth-order valence-corrected chi connectivity index (χ4v) is 2.44. The van der Waals surface area contributed by atoms with Gasteiger partial charge in [-0.3, -0.25) is 9.59 Å². The van der Waals surface area contributed by atoms with Crippen LogP contribution in [0.4, 0.5) is 0 Å². The Bertz CT molecular complexity index is 284. The first-order chi connectivity index (χ1) is 9.17. The van der Waals surface area contributed by atoms with Gasteiger partial charge in [0.15, 0.2) is 0 Å². The molecule has 19 heavy (non-hydrogen) atoms. The molecule has 110 valence electrons. The molecule has 0 spiro atoms. The molecule has 1 saturated heterocycles. The highest BCUT2D eigenvalue weighted by Crippen LogP contribution is 2.09. The maximum absolute atomic E-state index is 11.7. The molecular weight excluding hydrogens is 242 g/mol. The second kappa shape index (κ2) is 8.91. The lowest BCUT2D eigenvalue weighted by molar-refractivity contribution is -0.130. The molecule has 0 aromatic heterocycles. The van der Waals surface area contributed by atoms with Gasteiger partial charge in [0.2, 0.25) is 11.8 Å². The van der Waals surface area contributed by atoms with Crippen molar-refractivity contribution in [2.75, 3.05) is 26.2 Å².